The summed E-state index contributed by atoms with van der Waals surface area (Å²) in [6.07, 6.45) is 1.55. The van der Waals surface area contributed by atoms with E-state index in [1.807, 2.05) is 25.1 Å². The van der Waals surface area contributed by atoms with Crippen LogP contribution in [0.4, 0.5) is 0 Å². The minimum atomic E-state index is -0.322. The predicted octanol–water partition coefficient (Wildman–Crippen LogP) is 2.51. The molecule has 1 heterocycles. The first-order chi connectivity index (χ1) is 9.65. The second-order valence-corrected chi connectivity index (χ2v) is 4.31. The lowest BCUT2D eigenvalue weighted by Gasteiger charge is -2.05. The highest BCUT2D eigenvalue weighted by Crippen LogP contribution is 2.11. The van der Waals surface area contributed by atoms with Crippen LogP contribution >= 0.6 is 0 Å². The molecule has 1 amide bonds. The Bertz CT molecular complexity index is 603. The van der Waals surface area contributed by atoms with Crippen molar-refractivity contribution in [2.45, 2.75) is 13.8 Å². The molecule has 1 aromatic heterocycles. The summed E-state index contributed by atoms with van der Waals surface area (Å²) >= 11 is 0. The topological polar surface area (TPSA) is 63.8 Å². The number of carbonyl (C=O) groups excluding carboxylic acids is 1. The molecular formula is C15H16N2O3. The van der Waals surface area contributed by atoms with Crippen LogP contribution < -0.4 is 10.2 Å². The molecular weight excluding hydrogens is 256 g/mol. The molecule has 2 aromatic rings. The van der Waals surface area contributed by atoms with Crippen LogP contribution in [0, 0.1) is 6.92 Å². The standard InChI is InChI=1S/C15H16N2O3/c1-11-5-3-6-13(9-11)20-10-15(18)17-16-12(2)14-7-4-8-19-14/h3-9H,10H2,1-2H3,(H,17,18)/b16-12+. The van der Waals surface area contributed by atoms with E-state index < -0.39 is 0 Å². The van der Waals surface area contributed by atoms with Crippen molar-refractivity contribution in [3.63, 3.8) is 0 Å². The third-order valence-corrected chi connectivity index (χ3v) is 2.59. The lowest BCUT2D eigenvalue weighted by Crippen LogP contribution is -2.25. The van der Waals surface area contributed by atoms with E-state index in [-0.39, 0.29) is 12.5 Å². The third-order valence-electron chi connectivity index (χ3n) is 2.59. The number of hydrazone groups is 1. The zero-order valence-electron chi connectivity index (χ0n) is 11.4. The highest BCUT2D eigenvalue weighted by atomic mass is 16.5. The van der Waals surface area contributed by atoms with Crippen LogP contribution in [0.1, 0.15) is 18.2 Å². The Morgan fingerprint density at radius 3 is 2.90 bits per heavy atom. The molecule has 1 N–H and O–H groups in total. The number of aryl methyl sites for hydroxylation is 1. The summed E-state index contributed by atoms with van der Waals surface area (Å²) in [6.45, 7) is 3.63. The van der Waals surface area contributed by atoms with E-state index >= 15 is 0 Å². The largest absolute Gasteiger partial charge is 0.484 e. The van der Waals surface area contributed by atoms with E-state index in [0.29, 0.717) is 17.2 Å². The van der Waals surface area contributed by atoms with Gasteiger partial charge in [0.05, 0.1) is 6.26 Å². The molecule has 0 saturated heterocycles. The van der Waals surface area contributed by atoms with Gasteiger partial charge in [-0.15, -0.1) is 0 Å². The van der Waals surface area contributed by atoms with Crippen LogP contribution in [-0.4, -0.2) is 18.2 Å². The Balaban J connectivity index is 1.83. The van der Waals surface area contributed by atoms with Gasteiger partial charge in [-0.3, -0.25) is 4.79 Å². The number of nitrogens with zero attached hydrogens (tertiary/aromatic N) is 1. The first-order valence-corrected chi connectivity index (χ1v) is 6.21. The van der Waals surface area contributed by atoms with Crippen LogP contribution in [0.15, 0.2) is 52.2 Å². The van der Waals surface area contributed by atoms with Gasteiger partial charge < -0.3 is 9.15 Å². The molecule has 5 nitrogen and oxygen atoms in total. The quantitative estimate of drug-likeness (QED) is 0.672. The van der Waals surface area contributed by atoms with Gasteiger partial charge in [0.25, 0.3) is 5.91 Å². The zero-order valence-corrected chi connectivity index (χ0v) is 11.4. The molecule has 0 aliphatic carbocycles. The van der Waals surface area contributed by atoms with Gasteiger partial charge in [0, 0.05) is 0 Å². The van der Waals surface area contributed by atoms with Gasteiger partial charge in [0.2, 0.25) is 0 Å². The Morgan fingerprint density at radius 2 is 2.20 bits per heavy atom. The fourth-order valence-electron chi connectivity index (χ4n) is 1.57. The van der Waals surface area contributed by atoms with E-state index in [9.17, 15) is 4.79 Å². The summed E-state index contributed by atoms with van der Waals surface area (Å²) in [6, 6.07) is 11.0. The highest BCUT2D eigenvalue weighted by Gasteiger charge is 2.04. The number of furan rings is 1. The summed E-state index contributed by atoms with van der Waals surface area (Å²) in [5.74, 6) is 0.953. The Kier molecular flexibility index (Phi) is 4.55. The van der Waals surface area contributed by atoms with Crippen molar-refractivity contribution in [2.75, 3.05) is 6.61 Å². The molecule has 0 aliphatic heterocycles. The molecule has 2 rings (SSSR count). The van der Waals surface area contributed by atoms with Crippen LogP contribution in [-0.2, 0) is 4.79 Å². The van der Waals surface area contributed by atoms with Gasteiger partial charge in [-0.1, -0.05) is 12.1 Å². The third kappa shape index (κ3) is 3.98. The molecule has 20 heavy (non-hydrogen) atoms. The van der Waals surface area contributed by atoms with Crippen LogP contribution in [0.3, 0.4) is 0 Å². The predicted molar refractivity (Wildman–Crippen MR) is 75.7 cm³/mol. The monoisotopic (exact) mass is 272 g/mol. The van der Waals surface area contributed by atoms with Crippen LogP contribution in [0.5, 0.6) is 5.75 Å². The van der Waals surface area contributed by atoms with E-state index in [2.05, 4.69) is 10.5 Å². The molecule has 104 valence electrons. The summed E-state index contributed by atoms with van der Waals surface area (Å²) in [4.78, 5) is 11.6. The number of carbonyl (C=O) groups is 1. The molecule has 0 atom stereocenters. The number of amides is 1. The summed E-state index contributed by atoms with van der Waals surface area (Å²) < 4.78 is 10.5. The first kappa shape index (κ1) is 13.9. The van der Waals surface area contributed by atoms with Crippen molar-refractivity contribution in [1.82, 2.24) is 5.43 Å². The van der Waals surface area contributed by atoms with Gasteiger partial charge in [0.1, 0.15) is 17.2 Å². The molecule has 0 radical (unpaired) electrons. The SMILES string of the molecule is C/C(=N\NC(=O)COc1cccc(C)c1)c1ccco1. The number of hydrogen-bond donors (Lipinski definition) is 1. The Hall–Kier alpha value is -2.56. The number of nitrogens with one attached hydrogen (secondary N) is 1. The molecule has 0 saturated carbocycles. The number of hydrogen-bond acceptors (Lipinski definition) is 4. The van der Waals surface area contributed by atoms with E-state index in [1.54, 1.807) is 31.4 Å². The lowest BCUT2D eigenvalue weighted by molar-refractivity contribution is -0.123. The zero-order chi connectivity index (χ0) is 14.4. The first-order valence-electron chi connectivity index (χ1n) is 6.21. The van der Waals surface area contributed by atoms with E-state index in [4.69, 9.17) is 9.15 Å². The number of benzene rings is 1. The summed E-state index contributed by atoms with van der Waals surface area (Å²) in [5.41, 5.74) is 4.09. The summed E-state index contributed by atoms with van der Waals surface area (Å²) in [5, 5.41) is 3.94. The molecule has 0 bridgehead atoms. The second kappa shape index (κ2) is 6.56. The normalized spacial score (nSPS) is 11.2. The average molecular weight is 272 g/mol. The summed E-state index contributed by atoms with van der Waals surface area (Å²) in [7, 11) is 0. The van der Waals surface area contributed by atoms with Crippen molar-refractivity contribution in [2.24, 2.45) is 5.10 Å². The van der Waals surface area contributed by atoms with Crippen molar-refractivity contribution < 1.29 is 13.9 Å². The van der Waals surface area contributed by atoms with Crippen molar-refractivity contribution in [3.05, 3.63) is 54.0 Å². The number of ether oxygens (including phenoxy) is 1. The fourth-order valence-corrected chi connectivity index (χ4v) is 1.57. The highest BCUT2D eigenvalue weighted by molar-refractivity contribution is 5.96. The smallest absolute Gasteiger partial charge is 0.277 e. The van der Waals surface area contributed by atoms with Crippen molar-refractivity contribution in [3.8, 4) is 5.75 Å². The minimum Gasteiger partial charge on any atom is -0.484 e. The molecule has 0 unspecified atom stereocenters. The maximum atomic E-state index is 11.6. The maximum Gasteiger partial charge on any atom is 0.277 e. The fraction of sp³-hybridized carbons (Fsp3) is 0.200. The van der Waals surface area contributed by atoms with Gasteiger partial charge in [-0.05, 0) is 43.7 Å². The molecule has 0 aliphatic rings. The van der Waals surface area contributed by atoms with Gasteiger partial charge in [-0.25, -0.2) is 5.43 Å². The van der Waals surface area contributed by atoms with Crippen LogP contribution in [0.25, 0.3) is 0 Å². The molecule has 0 fully saturated rings. The maximum absolute atomic E-state index is 11.6. The van der Waals surface area contributed by atoms with Gasteiger partial charge >= 0.3 is 0 Å². The Morgan fingerprint density at radius 1 is 1.35 bits per heavy atom. The lowest BCUT2D eigenvalue weighted by atomic mass is 10.2. The molecule has 0 spiro atoms. The average Bonchev–Trinajstić information content (AvgIpc) is 2.97. The van der Waals surface area contributed by atoms with Crippen molar-refractivity contribution in [1.29, 1.82) is 0 Å². The van der Waals surface area contributed by atoms with Crippen molar-refractivity contribution >= 4 is 11.6 Å². The Labute approximate surface area is 117 Å². The molecule has 1 aromatic carbocycles. The van der Waals surface area contributed by atoms with Gasteiger partial charge in [0.15, 0.2) is 6.61 Å². The minimum absolute atomic E-state index is 0.0849. The van der Waals surface area contributed by atoms with E-state index in [0.717, 1.165) is 5.56 Å². The van der Waals surface area contributed by atoms with Crippen LogP contribution in [0.2, 0.25) is 0 Å². The molecule has 5 heteroatoms. The van der Waals surface area contributed by atoms with Gasteiger partial charge in [-0.2, -0.15) is 5.10 Å². The van der Waals surface area contributed by atoms with E-state index in [1.165, 1.54) is 0 Å². The second-order valence-electron chi connectivity index (χ2n) is 4.31. The number of rotatable bonds is 5.